The highest BCUT2D eigenvalue weighted by Crippen LogP contribution is 2.23. The summed E-state index contributed by atoms with van der Waals surface area (Å²) in [4.78, 5) is 21.0. The number of carbonyl (C=O) groups excluding carboxylic acids is 1. The third kappa shape index (κ3) is 1.10. The number of hydrogen-bond donors (Lipinski definition) is 2. The summed E-state index contributed by atoms with van der Waals surface area (Å²) >= 11 is 0. The highest BCUT2D eigenvalue weighted by atomic mass is 16.6. The second-order valence-electron chi connectivity index (χ2n) is 2.21. The lowest BCUT2D eigenvalue weighted by molar-refractivity contribution is -0.144. The first-order valence-electron chi connectivity index (χ1n) is 2.92. The van der Waals surface area contributed by atoms with Crippen molar-refractivity contribution >= 4 is 11.9 Å². The summed E-state index contributed by atoms with van der Waals surface area (Å²) < 4.78 is 4.41. The monoisotopic (exact) mass is 157 g/mol. The number of cyclic esters (lactones) is 1. The number of ether oxygens (including phenoxy) is 1. The van der Waals surface area contributed by atoms with Crippen molar-refractivity contribution in [1.82, 2.24) is 0 Å². The molecule has 1 fully saturated rings. The van der Waals surface area contributed by atoms with Crippen LogP contribution in [0.3, 0.4) is 0 Å². The van der Waals surface area contributed by atoms with Crippen molar-refractivity contribution in [2.45, 2.75) is 6.23 Å². The summed E-state index contributed by atoms with van der Waals surface area (Å²) in [5.41, 5.74) is 5.08. The fourth-order valence-electron chi connectivity index (χ4n) is 0.882. The number of rotatable bonds is 1. The predicted octanol–water partition coefficient (Wildman–Crippen LogP) is -0.915. The van der Waals surface area contributed by atoms with Crippen LogP contribution in [0.15, 0.2) is 12.2 Å². The van der Waals surface area contributed by atoms with E-state index in [4.69, 9.17) is 10.8 Å². The number of aliphatic carboxylic acids is 1. The molecule has 1 aliphatic heterocycles. The molecule has 0 aromatic heterocycles. The van der Waals surface area contributed by atoms with Crippen LogP contribution in [-0.4, -0.2) is 23.3 Å². The van der Waals surface area contributed by atoms with E-state index in [1.165, 1.54) is 0 Å². The van der Waals surface area contributed by atoms with Crippen LogP contribution in [0.2, 0.25) is 0 Å². The molecule has 2 atom stereocenters. The zero-order valence-electron chi connectivity index (χ0n) is 5.61. The molecular formula is C6H7NO4. The van der Waals surface area contributed by atoms with Crippen LogP contribution < -0.4 is 5.73 Å². The van der Waals surface area contributed by atoms with Crippen molar-refractivity contribution in [3.63, 3.8) is 0 Å². The van der Waals surface area contributed by atoms with Crippen molar-refractivity contribution in [2.24, 2.45) is 11.7 Å². The molecule has 0 bridgehead atoms. The van der Waals surface area contributed by atoms with Crippen molar-refractivity contribution < 1.29 is 19.4 Å². The Morgan fingerprint density at radius 2 is 2.27 bits per heavy atom. The summed E-state index contributed by atoms with van der Waals surface area (Å²) in [6.07, 6.45) is -1.09. The minimum atomic E-state index is -1.19. The summed E-state index contributed by atoms with van der Waals surface area (Å²) in [5, 5.41) is 8.50. The van der Waals surface area contributed by atoms with E-state index < -0.39 is 24.1 Å². The van der Waals surface area contributed by atoms with E-state index >= 15 is 0 Å². The maximum atomic E-state index is 10.6. The summed E-state index contributed by atoms with van der Waals surface area (Å²) in [7, 11) is 0. The number of esters is 1. The molecule has 0 aromatic carbocycles. The molecular weight excluding hydrogens is 150 g/mol. The van der Waals surface area contributed by atoms with Gasteiger partial charge in [-0.1, -0.05) is 6.58 Å². The summed E-state index contributed by atoms with van der Waals surface area (Å²) in [6.45, 7) is 3.25. The second kappa shape index (κ2) is 2.35. The van der Waals surface area contributed by atoms with Gasteiger partial charge in [0.05, 0.1) is 0 Å². The van der Waals surface area contributed by atoms with Gasteiger partial charge in [-0.25, -0.2) is 4.79 Å². The van der Waals surface area contributed by atoms with E-state index in [0.717, 1.165) is 0 Å². The molecule has 0 aromatic rings. The first-order chi connectivity index (χ1) is 5.04. The smallest absolute Gasteiger partial charge is 0.336 e. The van der Waals surface area contributed by atoms with Gasteiger partial charge in [-0.15, -0.1) is 0 Å². The van der Waals surface area contributed by atoms with Gasteiger partial charge in [0, 0.05) is 5.57 Å². The Kier molecular flexibility index (Phi) is 1.66. The molecule has 2 unspecified atom stereocenters. The predicted molar refractivity (Wildman–Crippen MR) is 34.3 cm³/mol. The molecule has 0 aliphatic carbocycles. The Bertz CT molecular complexity index is 235. The van der Waals surface area contributed by atoms with Crippen molar-refractivity contribution in [3.8, 4) is 0 Å². The fourth-order valence-corrected chi connectivity index (χ4v) is 0.882. The minimum Gasteiger partial charge on any atom is -0.481 e. The molecule has 1 rings (SSSR count). The quantitative estimate of drug-likeness (QED) is 0.379. The lowest BCUT2D eigenvalue weighted by Crippen LogP contribution is -2.32. The fraction of sp³-hybridized carbons (Fsp3) is 0.333. The number of carboxylic acids is 1. The standard InChI is InChI=1S/C6H7NO4/c1-2-3(5(8)9)4(7)11-6(2)10/h3-4H,1,7H2,(H,8,9). The molecule has 0 amide bonds. The molecule has 0 saturated carbocycles. The maximum absolute atomic E-state index is 10.6. The van der Waals surface area contributed by atoms with Gasteiger partial charge in [-0.05, 0) is 0 Å². The van der Waals surface area contributed by atoms with E-state index in [0.29, 0.717) is 0 Å². The Hall–Kier alpha value is -1.36. The minimum absolute atomic E-state index is 0.0926. The van der Waals surface area contributed by atoms with E-state index in [-0.39, 0.29) is 5.57 Å². The number of carbonyl (C=O) groups is 2. The molecule has 1 saturated heterocycles. The molecule has 0 radical (unpaired) electrons. The van der Waals surface area contributed by atoms with Crippen LogP contribution in [-0.2, 0) is 14.3 Å². The molecule has 60 valence electrons. The Morgan fingerprint density at radius 3 is 2.45 bits per heavy atom. The Labute approximate surface area is 62.4 Å². The molecule has 5 heteroatoms. The first kappa shape index (κ1) is 7.74. The maximum Gasteiger partial charge on any atom is 0.336 e. The number of nitrogens with two attached hydrogens (primary N) is 1. The van der Waals surface area contributed by atoms with Crippen molar-refractivity contribution in [3.05, 3.63) is 12.2 Å². The third-order valence-corrected chi connectivity index (χ3v) is 1.48. The van der Waals surface area contributed by atoms with E-state index in [1.54, 1.807) is 0 Å². The van der Waals surface area contributed by atoms with Crippen molar-refractivity contribution in [2.75, 3.05) is 0 Å². The normalized spacial score (nSPS) is 30.3. The average Bonchev–Trinajstić information content (AvgIpc) is 2.07. The lowest BCUT2D eigenvalue weighted by Gasteiger charge is -2.05. The Balaban J connectivity index is 2.88. The van der Waals surface area contributed by atoms with Gasteiger partial charge in [0.2, 0.25) is 0 Å². The highest BCUT2D eigenvalue weighted by molar-refractivity contribution is 5.97. The topological polar surface area (TPSA) is 89.6 Å². The van der Waals surface area contributed by atoms with Crippen LogP contribution in [0.4, 0.5) is 0 Å². The van der Waals surface area contributed by atoms with Crippen LogP contribution in [0, 0.1) is 5.92 Å². The van der Waals surface area contributed by atoms with Crippen molar-refractivity contribution in [1.29, 1.82) is 0 Å². The zero-order chi connectivity index (χ0) is 8.59. The van der Waals surface area contributed by atoms with Crippen LogP contribution in [0.25, 0.3) is 0 Å². The lowest BCUT2D eigenvalue weighted by atomic mass is 10.0. The molecule has 11 heavy (non-hydrogen) atoms. The van der Waals surface area contributed by atoms with E-state index in [1.807, 2.05) is 0 Å². The molecule has 3 N–H and O–H groups in total. The Morgan fingerprint density at radius 1 is 1.73 bits per heavy atom. The molecule has 1 aliphatic rings. The zero-order valence-corrected chi connectivity index (χ0v) is 5.61. The summed E-state index contributed by atoms with van der Waals surface area (Å²) in [6, 6.07) is 0. The average molecular weight is 157 g/mol. The van der Waals surface area contributed by atoms with Gasteiger partial charge in [0.15, 0.2) is 6.23 Å². The largest absolute Gasteiger partial charge is 0.481 e. The SMILES string of the molecule is C=C1C(=O)OC(N)C1C(=O)O. The van der Waals surface area contributed by atoms with Crippen LogP contribution in [0.1, 0.15) is 0 Å². The third-order valence-electron chi connectivity index (χ3n) is 1.48. The molecule has 0 spiro atoms. The first-order valence-corrected chi connectivity index (χ1v) is 2.92. The van der Waals surface area contributed by atoms with Gasteiger partial charge in [0.25, 0.3) is 0 Å². The molecule has 1 heterocycles. The van der Waals surface area contributed by atoms with Gasteiger partial charge >= 0.3 is 11.9 Å². The molecule has 5 nitrogen and oxygen atoms in total. The van der Waals surface area contributed by atoms with E-state index in [2.05, 4.69) is 11.3 Å². The number of carboxylic acid groups (broad SMARTS) is 1. The van der Waals surface area contributed by atoms with E-state index in [9.17, 15) is 9.59 Å². The van der Waals surface area contributed by atoms with Gasteiger partial charge in [-0.3, -0.25) is 10.5 Å². The number of hydrogen-bond acceptors (Lipinski definition) is 4. The van der Waals surface area contributed by atoms with Crippen LogP contribution >= 0.6 is 0 Å². The van der Waals surface area contributed by atoms with Gasteiger partial charge in [0.1, 0.15) is 5.92 Å². The summed E-state index contributed by atoms with van der Waals surface area (Å²) in [5.74, 6) is -3.01. The second-order valence-corrected chi connectivity index (χ2v) is 2.21. The van der Waals surface area contributed by atoms with Gasteiger partial charge in [-0.2, -0.15) is 0 Å². The van der Waals surface area contributed by atoms with Crippen LogP contribution in [0.5, 0.6) is 0 Å². The highest BCUT2D eigenvalue weighted by Gasteiger charge is 2.41. The van der Waals surface area contributed by atoms with Gasteiger partial charge < -0.3 is 9.84 Å².